The number of aromatic nitrogens is 2. The van der Waals surface area contributed by atoms with Gasteiger partial charge >= 0.3 is 0 Å². The number of rotatable bonds is 3. The van der Waals surface area contributed by atoms with E-state index in [-0.39, 0.29) is 20.1 Å². The molecule has 1 heterocycles. The van der Waals surface area contributed by atoms with E-state index in [1.165, 1.54) is 5.56 Å². The summed E-state index contributed by atoms with van der Waals surface area (Å²) in [6, 6.07) is 19.8. The molecule has 2 aromatic carbocycles. The van der Waals surface area contributed by atoms with Crippen molar-refractivity contribution in [3.8, 4) is 17.1 Å². The molecule has 0 bridgehead atoms. The topological polar surface area (TPSA) is 17.8 Å². The quantitative estimate of drug-likeness (QED) is 0.536. The fourth-order valence-corrected chi connectivity index (χ4v) is 2.41. The van der Waals surface area contributed by atoms with Gasteiger partial charge in [0.15, 0.2) is 0 Å². The molecule has 0 spiro atoms. The zero-order chi connectivity index (χ0) is 13.9. The normalized spacial score (nSPS) is 10.4. The van der Waals surface area contributed by atoms with E-state index in [0.717, 1.165) is 17.1 Å². The third-order valence-corrected chi connectivity index (χ3v) is 3.41. The predicted octanol–water partition coefficient (Wildman–Crippen LogP) is 4.46. The molecular formula is C18H17IrN2-. The van der Waals surface area contributed by atoms with Gasteiger partial charge in [0.2, 0.25) is 0 Å². The molecule has 0 unspecified atom stereocenters. The van der Waals surface area contributed by atoms with E-state index in [9.17, 15) is 0 Å². The molecule has 21 heavy (non-hydrogen) atoms. The van der Waals surface area contributed by atoms with Crippen molar-refractivity contribution in [2.24, 2.45) is 0 Å². The molecule has 2 nitrogen and oxygen atoms in total. The summed E-state index contributed by atoms with van der Waals surface area (Å²) in [5.41, 5.74) is 3.47. The van der Waals surface area contributed by atoms with Crippen molar-refractivity contribution < 1.29 is 20.1 Å². The van der Waals surface area contributed by atoms with Gasteiger partial charge in [-0.1, -0.05) is 38.0 Å². The Morgan fingerprint density at radius 1 is 1.05 bits per heavy atom. The molecule has 0 aliphatic rings. The molecule has 0 aliphatic heterocycles. The zero-order valence-corrected chi connectivity index (χ0v) is 14.5. The minimum atomic E-state index is 0. The largest absolute Gasteiger partial charge is 0.340 e. The summed E-state index contributed by atoms with van der Waals surface area (Å²) in [7, 11) is 0. The number of para-hydroxylation sites is 1. The Morgan fingerprint density at radius 2 is 1.81 bits per heavy atom. The molecule has 0 saturated carbocycles. The molecule has 3 rings (SSSR count). The van der Waals surface area contributed by atoms with E-state index in [1.54, 1.807) is 0 Å². The van der Waals surface area contributed by atoms with Crippen LogP contribution in [0.5, 0.6) is 0 Å². The van der Waals surface area contributed by atoms with Crippen LogP contribution in [-0.2, 0) is 20.1 Å². The summed E-state index contributed by atoms with van der Waals surface area (Å²) in [6.07, 6.45) is 3.84. The Hall–Kier alpha value is -1.70. The van der Waals surface area contributed by atoms with Crippen molar-refractivity contribution in [2.75, 3.05) is 0 Å². The van der Waals surface area contributed by atoms with Crippen LogP contribution >= 0.6 is 0 Å². The van der Waals surface area contributed by atoms with E-state index < -0.39 is 0 Å². The zero-order valence-electron chi connectivity index (χ0n) is 12.1. The second-order valence-corrected chi connectivity index (χ2v) is 5.11. The fraction of sp³-hybridized carbons (Fsp3) is 0.167. The Morgan fingerprint density at radius 3 is 2.52 bits per heavy atom. The summed E-state index contributed by atoms with van der Waals surface area (Å²) >= 11 is 0. The molecule has 0 N–H and O–H groups in total. The fourth-order valence-electron chi connectivity index (χ4n) is 2.41. The van der Waals surface area contributed by atoms with Crippen molar-refractivity contribution in [3.63, 3.8) is 0 Å². The van der Waals surface area contributed by atoms with Gasteiger partial charge in [0, 0.05) is 38.2 Å². The second-order valence-electron chi connectivity index (χ2n) is 5.11. The van der Waals surface area contributed by atoms with Crippen LogP contribution in [-0.4, -0.2) is 9.55 Å². The SMILES string of the molecule is CC(C)c1ccc[c-]c1-c1nccn1-c1ccccc1.[Ir]. The number of nitrogens with zero attached hydrogens (tertiary/aromatic N) is 2. The molecular weight excluding hydrogens is 436 g/mol. The number of imidazole rings is 1. The van der Waals surface area contributed by atoms with E-state index in [4.69, 9.17) is 0 Å². The first-order chi connectivity index (χ1) is 9.77. The van der Waals surface area contributed by atoms with Crippen LogP contribution in [0, 0.1) is 6.07 Å². The van der Waals surface area contributed by atoms with Gasteiger partial charge in [-0.2, -0.15) is 0 Å². The number of hydrogen-bond acceptors (Lipinski definition) is 1. The Balaban J connectivity index is 0.00000161. The van der Waals surface area contributed by atoms with Crippen molar-refractivity contribution in [1.82, 2.24) is 9.55 Å². The monoisotopic (exact) mass is 454 g/mol. The van der Waals surface area contributed by atoms with E-state index >= 15 is 0 Å². The first kappa shape index (κ1) is 15.7. The van der Waals surface area contributed by atoms with Gasteiger partial charge < -0.3 is 4.57 Å². The Labute approximate surface area is 139 Å². The van der Waals surface area contributed by atoms with Crippen LogP contribution in [0.2, 0.25) is 0 Å². The summed E-state index contributed by atoms with van der Waals surface area (Å²) < 4.78 is 2.11. The molecule has 3 aromatic rings. The van der Waals surface area contributed by atoms with Crippen LogP contribution in [0.3, 0.4) is 0 Å². The summed E-state index contributed by atoms with van der Waals surface area (Å²) in [6.45, 7) is 4.39. The molecule has 0 aliphatic carbocycles. The van der Waals surface area contributed by atoms with Crippen LogP contribution in [0.4, 0.5) is 0 Å². The Bertz CT molecular complexity index is 702. The minimum Gasteiger partial charge on any atom is -0.340 e. The molecule has 0 amide bonds. The smallest absolute Gasteiger partial charge is 0.0605 e. The average molecular weight is 454 g/mol. The van der Waals surface area contributed by atoms with Crippen molar-refractivity contribution in [1.29, 1.82) is 0 Å². The van der Waals surface area contributed by atoms with Gasteiger partial charge in [0.25, 0.3) is 0 Å². The average Bonchev–Trinajstić information content (AvgIpc) is 2.97. The maximum Gasteiger partial charge on any atom is 0.0605 e. The molecule has 0 atom stereocenters. The maximum absolute atomic E-state index is 4.54. The Kier molecular flexibility index (Phi) is 5.11. The van der Waals surface area contributed by atoms with Crippen molar-refractivity contribution >= 4 is 0 Å². The van der Waals surface area contributed by atoms with Gasteiger partial charge in [0.05, 0.1) is 5.82 Å². The first-order valence-electron chi connectivity index (χ1n) is 6.87. The van der Waals surface area contributed by atoms with Gasteiger partial charge in [-0.3, -0.25) is 4.98 Å². The third-order valence-electron chi connectivity index (χ3n) is 3.41. The van der Waals surface area contributed by atoms with Crippen LogP contribution in [0.15, 0.2) is 60.9 Å². The summed E-state index contributed by atoms with van der Waals surface area (Å²) in [5, 5.41) is 0. The predicted molar refractivity (Wildman–Crippen MR) is 81.9 cm³/mol. The van der Waals surface area contributed by atoms with E-state index in [2.05, 4.69) is 47.7 Å². The van der Waals surface area contributed by atoms with Crippen LogP contribution in [0.25, 0.3) is 17.1 Å². The first-order valence-corrected chi connectivity index (χ1v) is 6.87. The van der Waals surface area contributed by atoms with E-state index in [0.29, 0.717) is 5.92 Å². The van der Waals surface area contributed by atoms with Crippen molar-refractivity contribution in [3.05, 3.63) is 72.6 Å². The number of benzene rings is 2. The van der Waals surface area contributed by atoms with Crippen LogP contribution in [0.1, 0.15) is 25.3 Å². The molecule has 3 heteroatoms. The van der Waals surface area contributed by atoms with Gasteiger partial charge in [-0.25, -0.2) is 0 Å². The van der Waals surface area contributed by atoms with Gasteiger partial charge in [-0.15, -0.1) is 35.4 Å². The molecule has 1 radical (unpaired) electrons. The number of hydrogen-bond donors (Lipinski definition) is 0. The third kappa shape index (κ3) is 3.15. The van der Waals surface area contributed by atoms with Crippen LogP contribution < -0.4 is 0 Å². The maximum atomic E-state index is 4.54. The molecule has 1 aromatic heterocycles. The van der Waals surface area contributed by atoms with Gasteiger partial charge in [-0.05, 0) is 12.1 Å². The minimum absolute atomic E-state index is 0. The van der Waals surface area contributed by atoms with Crippen molar-refractivity contribution in [2.45, 2.75) is 19.8 Å². The standard InChI is InChI=1S/C18H17N2.Ir/c1-14(2)16-10-6-7-11-17(16)18-19-12-13-20(18)15-8-4-3-5-9-15;/h3-10,12-14H,1-2H3;/q-1;. The molecule has 0 fully saturated rings. The van der Waals surface area contributed by atoms with Gasteiger partial charge in [0.1, 0.15) is 0 Å². The molecule has 109 valence electrons. The second kappa shape index (κ2) is 6.84. The summed E-state index contributed by atoms with van der Waals surface area (Å²) in [5.74, 6) is 1.39. The summed E-state index contributed by atoms with van der Waals surface area (Å²) in [4.78, 5) is 4.54. The molecule has 0 saturated heterocycles. The van der Waals surface area contributed by atoms with E-state index in [1.807, 2.05) is 42.7 Å².